The summed E-state index contributed by atoms with van der Waals surface area (Å²) in [5, 5.41) is 4.60. The van der Waals surface area contributed by atoms with Crippen molar-refractivity contribution in [3.63, 3.8) is 0 Å². The molecule has 2 unspecified atom stereocenters. The van der Waals surface area contributed by atoms with Crippen LogP contribution < -0.4 is 35.4 Å². The van der Waals surface area contributed by atoms with Gasteiger partial charge in [-0.05, 0) is 0 Å². The molecule has 36 heavy (non-hydrogen) atoms. The number of hydrogen-bond acceptors (Lipinski definition) is 0. The van der Waals surface area contributed by atoms with Crippen molar-refractivity contribution in [2.24, 2.45) is 0 Å². The van der Waals surface area contributed by atoms with E-state index in [1.165, 1.54) is 32.9 Å². The van der Waals surface area contributed by atoms with Gasteiger partial charge < -0.3 is 24.8 Å². The second-order valence-electron chi connectivity index (χ2n) is 9.17. The van der Waals surface area contributed by atoms with Crippen LogP contribution in [0.1, 0.15) is 40.7 Å². The molecule has 0 aromatic heterocycles. The average molecular weight is 692 g/mol. The van der Waals surface area contributed by atoms with E-state index in [9.17, 15) is 0 Å². The smallest absolute Gasteiger partial charge is 1.00 e. The molecule has 0 bridgehead atoms. The Morgan fingerprint density at radius 1 is 0.667 bits per heavy atom. The molecule has 0 saturated carbocycles. The third-order valence-corrected chi connectivity index (χ3v) is 16.9. The Morgan fingerprint density at radius 2 is 1.25 bits per heavy atom. The second kappa shape index (κ2) is 11.7. The quantitative estimate of drug-likeness (QED) is 0.221. The zero-order valence-corrected chi connectivity index (χ0v) is 26.3. The van der Waals surface area contributed by atoms with Crippen LogP contribution in [-0.4, -0.2) is 0 Å². The molecule has 4 aromatic carbocycles. The van der Waals surface area contributed by atoms with Crippen LogP contribution in [-0.2, 0) is 22.9 Å². The first-order chi connectivity index (χ1) is 16.7. The average Bonchev–Trinajstić information content (AvgIpc) is 3.46. The summed E-state index contributed by atoms with van der Waals surface area (Å²) in [6.07, 6.45) is 7.51. The molecule has 0 amide bonds. The van der Waals surface area contributed by atoms with Gasteiger partial charge in [0.25, 0.3) is 0 Å². The predicted octanol–water partition coefficient (Wildman–Crippen LogP) is 1.69. The third kappa shape index (κ3) is 5.01. The first-order valence-electron chi connectivity index (χ1n) is 12.0. The Labute approximate surface area is 239 Å². The Kier molecular flexibility index (Phi) is 8.90. The van der Waals surface area contributed by atoms with Gasteiger partial charge in [-0.1, -0.05) is 0 Å². The van der Waals surface area contributed by atoms with Crippen molar-refractivity contribution >= 4 is 30.7 Å². The number of fused-ring (bicyclic) bond motifs is 2. The molecule has 0 aliphatic heterocycles. The fraction of sp³-hybridized carbons (Fsp3) is 0.125. The summed E-state index contributed by atoms with van der Waals surface area (Å²) in [6.45, 7) is 4.57. The molecule has 0 saturated heterocycles. The van der Waals surface area contributed by atoms with Crippen molar-refractivity contribution in [1.29, 1.82) is 0 Å². The standard InChI is InChI=1S/C21H16P.C11H11.2ClH.Hf/c1-3-11-19(12-4-1)22(20-13-5-2-6-14-20)21-15-17-9-7-8-10-18(17)16-21;1-8-6-7-9(2)11-5-3-4-10(8)11;;;/h1-16H;3-7H,1-2H3;2*1H;/q;;;;+2/p-2. The number of allylic oxidation sites excluding steroid dienone is 2. The molecule has 0 heterocycles. The topological polar surface area (TPSA) is 0 Å². The zero-order valence-electron chi connectivity index (χ0n) is 20.3. The second-order valence-corrected chi connectivity index (χ2v) is 16.9. The van der Waals surface area contributed by atoms with Gasteiger partial charge in [-0.25, -0.2) is 0 Å². The van der Waals surface area contributed by atoms with Crippen LogP contribution in [0.3, 0.4) is 0 Å². The minimum Gasteiger partial charge on any atom is -1.00 e. The van der Waals surface area contributed by atoms with Gasteiger partial charge in [-0.2, -0.15) is 0 Å². The molecule has 0 N–H and O–H groups in total. The Bertz CT molecular complexity index is 1370. The van der Waals surface area contributed by atoms with Crippen LogP contribution in [0.5, 0.6) is 0 Å². The van der Waals surface area contributed by atoms with Crippen molar-refractivity contribution in [2.45, 2.75) is 21.2 Å². The maximum absolute atomic E-state index is 2.56. The van der Waals surface area contributed by atoms with Gasteiger partial charge in [-0.3, -0.25) is 0 Å². The summed E-state index contributed by atoms with van der Waals surface area (Å²) in [4.78, 5) is 0. The monoisotopic (exact) mass is 692 g/mol. The summed E-state index contributed by atoms with van der Waals surface area (Å²) in [5.41, 5.74) is 9.01. The van der Waals surface area contributed by atoms with Crippen LogP contribution in [0.15, 0.2) is 108 Å². The van der Waals surface area contributed by atoms with Gasteiger partial charge in [0, 0.05) is 0 Å². The van der Waals surface area contributed by atoms with E-state index in [1.54, 1.807) is 16.4 Å². The first-order valence-corrected chi connectivity index (χ1v) is 17.4. The largest absolute Gasteiger partial charge is 1.00 e. The Hall–Kier alpha value is -1.76. The van der Waals surface area contributed by atoms with E-state index in [0.717, 1.165) is 0 Å². The predicted molar refractivity (Wildman–Crippen MR) is 144 cm³/mol. The SMILES string of the molecule is Cc1ccc(C)c2c1C=C[CH]2[Hf+2][CH]1C(P(c2ccccc2)c2ccccc2)=Cc2ccccc21.[Cl-].[Cl-]. The van der Waals surface area contributed by atoms with E-state index >= 15 is 0 Å². The molecule has 2 aliphatic rings. The van der Waals surface area contributed by atoms with E-state index in [1.807, 2.05) is 0 Å². The van der Waals surface area contributed by atoms with Crippen LogP contribution >= 0.6 is 7.92 Å². The van der Waals surface area contributed by atoms with Crippen LogP contribution in [0.2, 0.25) is 0 Å². The molecule has 4 heteroatoms. The molecular formula is C32H27Cl2HfP. The minimum atomic E-state index is -1.19. The van der Waals surface area contributed by atoms with Crippen molar-refractivity contribution in [2.75, 3.05) is 0 Å². The summed E-state index contributed by atoms with van der Waals surface area (Å²) >= 11 is -1.19. The molecule has 0 radical (unpaired) electrons. The summed E-state index contributed by atoms with van der Waals surface area (Å²) in [5.74, 6) is 0. The van der Waals surface area contributed by atoms with Crippen molar-refractivity contribution < 1.29 is 47.7 Å². The molecule has 0 spiro atoms. The van der Waals surface area contributed by atoms with E-state index in [2.05, 4.69) is 129 Å². The third-order valence-electron chi connectivity index (χ3n) is 7.03. The van der Waals surface area contributed by atoms with Gasteiger partial charge in [0.05, 0.1) is 0 Å². The van der Waals surface area contributed by atoms with E-state index in [-0.39, 0.29) is 24.8 Å². The van der Waals surface area contributed by atoms with E-state index in [4.69, 9.17) is 0 Å². The maximum atomic E-state index is 2.56. The summed E-state index contributed by atoms with van der Waals surface area (Å²) in [6, 6.07) is 36.2. The van der Waals surface area contributed by atoms with Crippen molar-refractivity contribution in [1.82, 2.24) is 0 Å². The number of rotatable bonds is 5. The van der Waals surface area contributed by atoms with Gasteiger partial charge in [0.15, 0.2) is 0 Å². The van der Waals surface area contributed by atoms with Crippen LogP contribution in [0.4, 0.5) is 0 Å². The maximum Gasteiger partial charge on any atom is -1.00 e. The number of hydrogen-bond donors (Lipinski definition) is 0. The van der Waals surface area contributed by atoms with Gasteiger partial charge in [0.1, 0.15) is 0 Å². The fourth-order valence-corrected chi connectivity index (χ4v) is 16.4. The Balaban J connectivity index is 0.00000152. The molecular weight excluding hydrogens is 665 g/mol. The molecule has 6 rings (SSSR count). The minimum absolute atomic E-state index is 0. The van der Waals surface area contributed by atoms with Crippen molar-refractivity contribution in [3.05, 3.63) is 142 Å². The van der Waals surface area contributed by atoms with Crippen LogP contribution in [0.25, 0.3) is 12.2 Å². The molecule has 0 nitrogen and oxygen atoms in total. The fourth-order valence-electron chi connectivity index (χ4n) is 5.37. The molecule has 4 aromatic rings. The number of aryl methyl sites for hydroxylation is 2. The van der Waals surface area contributed by atoms with E-state index in [0.29, 0.717) is 7.35 Å². The first kappa shape index (κ1) is 27.3. The van der Waals surface area contributed by atoms with Gasteiger partial charge in [0.2, 0.25) is 0 Å². The number of halogens is 2. The Morgan fingerprint density at radius 3 is 1.92 bits per heavy atom. The molecule has 0 fully saturated rings. The summed E-state index contributed by atoms with van der Waals surface area (Å²) < 4.78 is 1.26. The molecule has 2 atom stereocenters. The normalized spacial score (nSPS) is 16.9. The number of benzene rings is 4. The molecule has 178 valence electrons. The molecule has 2 aliphatic carbocycles. The van der Waals surface area contributed by atoms with Crippen molar-refractivity contribution in [3.8, 4) is 0 Å². The van der Waals surface area contributed by atoms with Gasteiger partial charge >= 0.3 is 217 Å². The van der Waals surface area contributed by atoms with Crippen LogP contribution in [0, 0.1) is 13.8 Å². The summed E-state index contributed by atoms with van der Waals surface area (Å²) in [7, 11) is -0.553. The van der Waals surface area contributed by atoms with Gasteiger partial charge in [-0.15, -0.1) is 0 Å². The zero-order chi connectivity index (χ0) is 23.1. The van der Waals surface area contributed by atoms with E-state index < -0.39 is 30.8 Å².